The third kappa shape index (κ3) is 8.97. The summed E-state index contributed by atoms with van der Waals surface area (Å²) in [5.74, 6) is 0.481. The van der Waals surface area contributed by atoms with Crippen LogP contribution < -0.4 is 5.73 Å². The van der Waals surface area contributed by atoms with E-state index in [0.717, 1.165) is 25.9 Å². The van der Waals surface area contributed by atoms with E-state index in [9.17, 15) is 4.79 Å². The van der Waals surface area contributed by atoms with Gasteiger partial charge in [0.1, 0.15) is 0 Å². The molecular formula is C14H31N3O2. The summed E-state index contributed by atoms with van der Waals surface area (Å²) < 4.78 is 5.07. The van der Waals surface area contributed by atoms with E-state index in [2.05, 4.69) is 18.7 Å². The van der Waals surface area contributed by atoms with Crippen molar-refractivity contribution in [1.82, 2.24) is 9.80 Å². The van der Waals surface area contributed by atoms with Gasteiger partial charge in [-0.2, -0.15) is 0 Å². The van der Waals surface area contributed by atoms with Crippen LogP contribution in [0.4, 0.5) is 0 Å². The van der Waals surface area contributed by atoms with E-state index in [1.54, 1.807) is 7.11 Å². The highest BCUT2D eigenvalue weighted by Gasteiger charge is 2.21. The second-order valence-corrected chi connectivity index (χ2v) is 5.71. The number of hydrogen-bond donors (Lipinski definition) is 1. The lowest BCUT2D eigenvalue weighted by Crippen LogP contribution is -2.46. The standard InChI is InChI=1S/C14H31N3O2/c1-12(2)11-13(15)14(18)17(9-10-19-5)8-6-7-16(3)4/h12-13H,6-11,15H2,1-5H3/t13-/m1/s1. The van der Waals surface area contributed by atoms with Gasteiger partial charge >= 0.3 is 0 Å². The lowest BCUT2D eigenvalue weighted by molar-refractivity contribution is -0.133. The van der Waals surface area contributed by atoms with E-state index in [-0.39, 0.29) is 5.91 Å². The molecule has 0 rings (SSSR count). The maximum absolute atomic E-state index is 12.3. The van der Waals surface area contributed by atoms with Crippen molar-refractivity contribution in [3.63, 3.8) is 0 Å². The third-order valence-electron chi connectivity index (χ3n) is 2.95. The largest absolute Gasteiger partial charge is 0.383 e. The normalized spacial score (nSPS) is 13.1. The molecular weight excluding hydrogens is 242 g/mol. The van der Waals surface area contributed by atoms with Crippen LogP contribution in [0, 0.1) is 5.92 Å². The second kappa shape index (κ2) is 10.2. The van der Waals surface area contributed by atoms with Crippen molar-refractivity contribution in [3.05, 3.63) is 0 Å². The van der Waals surface area contributed by atoms with E-state index in [1.165, 1.54) is 0 Å². The van der Waals surface area contributed by atoms with E-state index in [0.29, 0.717) is 19.1 Å². The number of carbonyl (C=O) groups is 1. The lowest BCUT2D eigenvalue weighted by Gasteiger charge is -2.26. The minimum atomic E-state index is -0.392. The van der Waals surface area contributed by atoms with E-state index >= 15 is 0 Å². The number of nitrogens with two attached hydrogens (primary N) is 1. The van der Waals surface area contributed by atoms with Gasteiger partial charge in [-0.15, -0.1) is 0 Å². The first kappa shape index (κ1) is 18.4. The Morgan fingerprint density at radius 2 is 1.84 bits per heavy atom. The molecule has 0 aliphatic carbocycles. The van der Waals surface area contributed by atoms with Gasteiger partial charge in [-0.05, 0) is 39.4 Å². The van der Waals surface area contributed by atoms with Gasteiger partial charge in [-0.1, -0.05) is 13.8 Å². The van der Waals surface area contributed by atoms with Gasteiger partial charge in [-0.3, -0.25) is 4.79 Å². The first-order valence-electron chi connectivity index (χ1n) is 7.06. The third-order valence-corrected chi connectivity index (χ3v) is 2.95. The molecule has 0 radical (unpaired) electrons. The summed E-state index contributed by atoms with van der Waals surface area (Å²) in [6, 6.07) is -0.392. The Labute approximate surface area is 118 Å². The van der Waals surface area contributed by atoms with Crippen LogP contribution in [0.1, 0.15) is 26.7 Å². The molecule has 114 valence electrons. The first-order valence-corrected chi connectivity index (χ1v) is 7.06. The quantitative estimate of drug-likeness (QED) is 0.639. The van der Waals surface area contributed by atoms with E-state index in [1.807, 2.05) is 19.0 Å². The van der Waals surface area contributed by atoms with Crippen molar-refractivity contribution in [2.45, 2.75) is 32.7 Å². The number of hydrogen-bond acceptors (Lipinski definition) is 4. The predicted molar refractivity (Wildman–Crippen MR) is 79.1 cm³/mol. The molecule has 1 atom stereocenters. The van der Waals surface area contributed by atoms with Crippen molar-refractivity contribution in [2.75, 3.05) is 47.4 Å². The highest BCUT2D eigenvalue weighted by molar-refractivity contribution is 5.81. The molecule has 0 heterocycles. The van der Waals surface area contributed by atoms with Gasteiger partial charge in [0.05, 0.1) is 12.6 Å². The molecule has 0 aromatic rings. The molecule has 0 unspecified atom stereocenters. The van der Waals surface area contributed by atoms with E-state index in [4.69, 9.17) is 10.5 Å². The van der Waals surface area contributed by atoms with Gasteiger partial charge in [0.25, 0.3) is 0 Å². The summed E-state index contributed by atoms with van der Waals surface area (Å²) in [5.41, 5.74) is 5.98. The summed E-state index contributed by atoms with van der Waals surface area (Å²) in [7, 11) is 5.72. The molecule has 0 saturated carbocycles. The SMILES string of the molecule is COCCN(CCCN(C)C)C(=O)[C@H](N)CC(C)C. The van der Waals surface area contributed by atoms with Crippen LogP contribution in [0.15, 0.2) is 0 Å². The van der Waals surface area contributed by atoms with Gasteiger partial charge in [0.2, 0.25) is 5.91 Å². The molecule has 0 fully saturated rings. The monoisotopic (exact) mass is 273 g/mol. The zero-order chi connectivity index (χ0) is 14.8. The predicted octanol–water partition coefficient (Wildman–Crippen LogP) is 0.787. The lowest BCUT2D eigenvalue weighted by atomic mass is 10.0. The zero-order valence-electron chi connectivity index (χ0n) is 13.2. The molecule has 5 heteroatoms. The molecule has 0 bridgehead atoms. The van der Waals surface area contributed by atoms with Crippen LogP contribution in [0.2, 0.25) is 0 Å². The van der Waals surface area contributed by atoms with Gasteiger partial charge in [0, 0.05) is 20.2 Å². The summed E-state index contributed by atoms with van der Waals surface area (Å²) in [4.78, 5) is 16.2. The van der Waals surface area contributed by atoms with Gasteiger partial charge in [0.15, 0.2) is 0 Å². The van der Waals surface area contributed by atoms with Crippen molar-refractivity contribution in [1.29, 1.82) is 0 Å². The second-order valence-electron chi connectivity index (χ2n) is 5.71. The Kier molecular flexibility index (Phi) is 9.83. The van der Waals surface area contributed by atoms with Crippen LogP contribution in [0.5, 0.6) is 0 Å². The molecule has 2 N–H and O–H groups in total. The molecule has 0 aliphatic heterocycles. The number of methoxy groups -OCH3 is 1. The van der Waals surface area contributed by atoms with Crippen LogP contribution in [0.25, 0.3) is 0 Å². The average molecular weight is 273 g/mol. The van der Waals surface area contributed by atoms with Crippen molar-refractivity contribution >= 4 is 5.91 Å². The zero-order valence-corrected chi connectivity index (χ0v) is 13.2. The number of ether oxygens (including phenoxy) is 1. The molecule has 1 amide bonds. The van der Waals surface area contributed by atoms with Crippen molar-refractivity contribution in [2.24, 2.45) is 11.7 Å². The van der Waals surface area contributed by atoms with Gasteiger partial charge < -0.3 is 20.3 Å². The van der Waals surface area contributed by atoms with Crippen molar-refractivity contribution in [3.8, 4) is 0 Å². The van der Waals surface area contributed by atoms with Crippen LogP contribution in [-0.4, -0.2) is 69.2 Å². The summed E-state index contributed by atoms with van der Waals surface area (Å²) >= 11 is 0. The molecule has 0 aromatic carbocycles. The summed E-state index contributed by atoms with van der Waals surface area (Å²) in [6.07, 6.45) is 1.69. The minimum absolute atomic E-state index is 0.0458. The number of rotatable bonds is 10. The molecule has 0 aromatic heterocycles. The fraction of sp³-hybridized carbons (Fsp3) is 0.929. The van der Waals surface area contributed by atoms with E-state index < -0.39 is 6.04 Å². The minimum Gasteiger partial charge on any atom is -0.383 e. The number of amides is 1. The van der Waals surface area contributed by atoms with Gasteiger partial charge in [-0.25, -0.2) is 0 Å². The van der Waals surface area contributed by atoms with Crippen LogP contribution >= 0.6 is 0 Å². The Hall–Kier alpha value is -0.650. The Bertz CT molecular complexity index is 245. The first-order chi connectivity index (χ1) is 8.88. The molecule has 0 spiro atoms. The molecule has 0 saturated heterocycles. The smallest absolute Gasteiger partial charge is 0.239 e. The molecule has 0 aliphatic rings. The highest BCUT2D eigenvalue weighted by Crippen LogP contribution is 2.06. The Morgan fingerprint density at radius 1 is 1.21 bits per heavy atom. The van der Waals surface area contributed by atoms with Crippen molar-refractivity contribution < 1.29 is 9.53 Å². The number of nitrogens with zero attached hydrogens (tertiary/aromatic N) is 2. The molecule has 5 nitrogen and oxygen atoms in total. The topological polar surface area (TPSA) is 58.8 Å². The van der Waals surface area contributed by atoms with Crippen LogP contribution in [-0.2, 0) is 9.53 Å². The van der Waals surface area contributed by atoms with Crippen LogP contribution in [0.3, 0.4) is 0 Å². The number of carbonyl (C=O) groups excluding carboxylic acids is 1. The fourth-order valence-electron chi connectivity index (χ4n) is 1.95. The highest BCUT2D eigenvalue weighted by atomic mass is 16.5. The maximum atomic E-state index is 12.3. The average Bonchev–Trinajstić information content (AvgIpc) is 2.31. The summed E-state index contributed by atoms with van der Waals surface area (Å²) in [6.45, 7) is 7.05. The maximum Gasteiger partial charge on any atom is 0.239 e. The summed E-state index contributed by atoms with van der Waals surface area (Å²) in [5, 5.41) is 0. The molecule has 19 heavy (non-hydrogen) atoms. The Balaban J connectivity index is 4.33. The Morgan fingerprint density at radius 3 is 2.32 bits per heavy atom. The fourth-order valence-corrected chi connectivity index (χ4v) is 1.95.